The zero-order chi connectivity index (χ0) is 14.0. The van der Waals surface area contributed by atoms with Crippen LogP contribution in [0.15, 0.2) is 22.7 Å². The zero-order valence-corrected chi connectivity index (χ0v) is 10.2. The predicted molar refractivity (Wildman–Crippen MR) is 62.1 cm³/mol. The maximum atomic E-state index is 13.0. The van der Waals surface area contributed by atoms with Gasteiger partial charge in [0.15, 0.2) is 5.82 Å². The molecule has 0 spiro atoms. The highest BCUT2D eigenvalue weighted by Crippen LogP contribution is 2.15. The second-order valence-electron chi connectivity index (χ2n) is 4.27. The second-order valence-corrected chi connectivity index (χ2v) is 4.27. The molecule has 19 heavy (non-hydrogen) atoms. The van der Waals surface area contributed by atoms with Gasteiger partial charge < -0.3 is 15.4 Å². The molecular formula is C12H13F2N3O2. The zero-order valence-electron chi connectivity index (χ0n) is 10.2. The first-order valence-electron chi connectivity index (χ1n) is 5.67. The van der Waals surface area contributed by atoms with Crippen LogP contribution in [0.25, 0.3) is 0 Å². The summed E-state index contributed by atoms with van der Waals surface area (Å²) < 4.78 is 30.9. The van der Waals surface area contributed by atoms with Crippen LogP contribution in [0.1, 0.15) is 30.2 Å². The average molecular weight is 269 g/mol. The van der Waals surface area contributed by atoms with Gasteiger partial charge in [-0.25, -0.2) is 8.78 Å². The molecular weight excluding hydrogens is 256 g/mol. The summed E-state index contributed by atoms with van der Waals surface area (Å²) >= 11 is 0. The van der Waals surface area contributed by atoms with Gasteiger partial charge in [0.05, 0.1) is 6.10 Å². The lowest BCUT2D eigenvalue weighted by Crippen LogP contribution is -2.23. The SMILES string of the molecule is CC(O)C(N)c1nc(Cc2cc(F)cc(F)c2)no1. The minimum absolute atomic E-state index is 0.0851. The Morgan fingerprint density at radius 3 is 2.53 bits per heavy atom. The molecule has 2 aromatic rings. The molecule has 0 saturated carbocycles. The van der Waals surface area contributed by atoms with Crippen molar-refractivity contribution in [1.29, 1.82) is 0 Å². The van der Waals surface area contributed by atoms with Crippen LogP contribution >= 0.6 is 0 Å². The molecule has 0 aliphatic carbocycles. The van der Waals surface area contributed by atoms with Gasteiger partial charge in [-0.15, -0.1) is 0 Å². The largest absolute Gasteiger partial charge is 0.391 e. The fraction of sp³-hybridized carbons (Fsp3) is 0.333. The van der Waals surface area contributed by atoms with Crippen LogP contribution in [0, 0.1) is 11.6 Å². The van der Waals surface area contributed by atoms with Gasteiger partial charge in [-0.3, -0.25) is 0 Å². The van der Waals surface area contributed by atoms with Crippen molar-refractivity contribution in [1.82, 2.24) is 10.1 Å². The molecule has 0 amide bonds. The molecule has 5 nitrogen and oxygen atoms in total. The Hall–Kier alpha value is -1.86. The molecule has 0 radical (unpaired) electrons. The summed E-state index contributed by atoms with van der Waals surface area (Å²) in [6.45, 7) is 1.50. The van der Waals surface area contributed by atoms with Crippen molar-refractivity contribution in [2.45, 2.75) is 25.5 Å². The fourth-order valence-corrected chi connectivity index (χ4v) is 1.58. The molecule has 1 heterocycles. The quantitative estimate of drug-likeness (QED) is 0.874. The van der Waals surface area contributed by atoms with Crippen LogP contribution in [0.3, 0.4) is 0 Å². The van der Waals surface area contributed by atoms with Crippen LogP contribution in [0.2, 0.25) is 0 Å². The van der Waals surface area contributed by atoms with E-state index in [1.54, 1.807) is 0 Å². The summed E-state index contributed by atoms with van der Waals surface area (Å²) in [5.41, 5.74) is 6.01. The number of aromatic nitrogens is 2. The number of hydrogen-bond acceptors (Lipinski definition) is 5. The average Bonchev–Trinajstić information content (AvgIpc) is 2.74. The number of nitrogens with two attached hydrogens (primary N) is 1. The summed E-state index contributed by atoms with van der Waals surface area (Å²) in [4.78, 5) is 3.98. The second kappa shape index (κ2) is 5.41. The lowest BCUT2D eigenvalue weighted by molar-refractivity contribution is 0.146. The van der Waals surface area contributed by atoms with Gasteiger partial charge in [0.25, 0.3) is 0 Å². The van der Waals surface area contributed by atoms with E-state index in [0.29, 0.717) is 5.56 Å². The third-order valence-electron chi connectivity index (χ3n) is 2.57. The number of halogens is 2. The van der Waals surface area contributed by atoms with E-state index < -0.39 is 23.8 Å². The minimum atomic E-state index is -0.833. The fourth-order valence-electron chi connectivity index (χ4n) is 1.58. The van der Waals surface area contributed by atoms with Gasteiger partial charge in [-0.1, -0.05) is 5.16 Å². The third kappa shape index (κ3) is 3.33. The monoisotopic (exact) mass is 269 g/mol. The van der Waals surface area contributed by atoms with Crippen LogP contribution in [0.4, 0.5) is 8.78 Å². The van der Waals surface area contributed by atoms with Crippen LogP contribution in [0.5, 0.6) is 0 Å². The van der Waals surface area contributed by atoms with Gasteiger partial charge in [0.2, 0.25) is 5.89 Å². The topological polar surface area (TPSA) is 85.2 Å². The van der Waals surface area contributed by atoms with Crippen molar-refractivity contribution >= 4 is 0 Å². The van der Waals surface area contributed by atoms with Crippen LogP contribution in [-0.4, -0.2) is 21.4 Å². The highest BCUT2D eigenvalue weighted by atomic mass is 19.1. The number of rotatable bonds is 4. The maximum absolute atomic E-state index is 13.0. The van der Waals surface area contributed by atoms with Crippen molar-refractivity contribution in [3.8, 4) is 0 Å². The minimum Gasteiger partial charge on any atom is -0.391 e. The Bertz CT molecular complexity index is 552. The Morgan fingerprint density at radius 1 is 1.32 bits per heavy atom. The summed E-state index contributed by atoms with van der Waals surface area (Å²) in [5, 5.41) is 12.9. The Balaban J connectivity index is 2.15. The van der Waals surface area contributed by atoms with Crippen molar-refractivity contribution < 1.29 is 18.4 Å². The van der Waals surface area contributed by atoms with Crippen molar-refractivity contribution in [3.05, 3.63) is 47.1 Å². The standard InChI is InChI=1S/C12H13F2N3O2/c1-6(18)11(15)12-16-10(17-19-12)4-7-2-8(13)5-9(14)3-7/h2-3,5-6,11,18H,4,15H2,1H3. The lowest BCUT2D eigenvalue weighted by atomic mass is 10.1. The Labute approximate surface area is 108 Å². The number of hydrogen-bond donors (Lipinski definition) is 2. The predicted octanol–water partition coefficient (Wildman–Crippen LogP) is 1.32. The highest BCUT2D eigenvalue weighted by Gasteiger charge is 2.19. The first-order chi connectivity index (χ1) is 8.95. The first kappa shape index (κ1) is 13.6. The first-order valence-corrected chi connectivity index (χ1v) is 5.67. The summed E-state index contributed by atoms with van der Waals surface area (Å²) in [5.74, 6) is -1.00. The van der Waals surface area contributed by atoms with E-state index in [-0.39, 0.29) is 18.1 Å². The van der Waals surface area contributed by atoms with Crippen molar-refractivity contribution in [3.63, 3.8) is 0 Å². The van der Waals surface area contributed by atoms with Crippen molar-refractivity contribution in [2.75, 3.05) is 0 Å². The lowest BCUT2D eigenvalue weighted by Gasteiger charge is -2.08. The normalized spacial score (nSPS) is 14.4. The number of nitrogens with zero attached hydrogens (tertiary/aromatic N) is 2. The smallest absolute Gasteiger partial charge is 0.246 e. The summed E-state index contributed by atoms with van der Waals surface area (Å²) in [7, 11) is 0. The number of aliphatic hydroxyl groups excluding tert-OH is 1. The van der Waals surface area contributed by atoms with Crippen molar-refractivity contribution in [2.24, 2.45) is 5.73 Å². The molecule has 2 atom stereocenters. The maximum Gasteiger partial charge on any atom is 0.246 e. The van der Waals surface area contributed by atoms with E-state index >= 15 is 0 Å². The van der Waals surface area contributed by atoms with E-state index in [1.807, 2.05) is 0 Å². The van der Waals surface area contributed by atoms with E-state index in [0.717, 1.165) is 6.07 Å². The molecule has 0 saturated heterocycles. The molecule has 2 unspecified atom stereocenters. The van der Waals surface area contributed by atoms with E-state index in [9.17, 15) is 13.9 Å². The van der Waals surface area contributed by atoms with Gasteiger partial charge in [-0.05, 0) is 24.6 Å². The summed E-state index contributed by atoms with van der Waals surface area (Å²) in [6.07, 6.45) is -0.718. The molecule has 0 aliphatic rings. The molecule has 1 aromatic carbocycles. The van der Waals surface area contributed by atoms with Gasteiger partial charge in [0.1, 0.15) is 17.7 Å². The third-order valence-corrected chi connectivity index (χ3v) is 2.57. The summed E-state index contributed by atoms with van der Waals surface area (Å²) in [6, 6.07) is 2.38. The van der Waals surface area contributed by atoms with Gasteiger partial charge in [-0.2, -0.15) is 4.98 Å². The number of benzene rings is 1. The molecule has 0 fully saturated rings. The van der Waals surface area contributed by atoms with Crippen LogP contribution < -0.4 is 5.73 Å². The van der Waals surface area contributed by atoms with Gasteiger partial charge >= 0.3 is 0 Å². The van der Waals surface area contributed by atoms with E-state index in [2.05, 4.69) is 10.1 Å². The van der Waals surface area contributed by atoms with Crippen LogP contribution in [-0.2, 0) is 6.42 Å². The molecule has 0 bridgehead atoms. The Kier molecular flexibility index (Phi) is 3.87. The molecule has 3 N–H and O–H groups in total. The Morgan fingerprint density at radius 2 is 1.95 bits per heavy atom. The number of aliphatic hydroxyl groups is 1. The molecule has 2 rings (SSSR count). The van der Waals surface area contributed by atoms with E-state index in [4.69, 9.17) is 10.3 Å². The van der Waals surface area contributed by atoms with E-state index in [1.165, 1.54) is 19.1 Å². The highest BCUT2D eigenvalue weighted by molar-refractivity contribution is 5.21. The molecule has 1 aromatic heterocycles. The molecule has 7 heteroatoms. The molecule has 0 aliphatic heterocycles. The van der Waals surface area contributed by atoms with Gasteiger partial charge in [0, 0.05) is 12.5 Å². The molecule has 102 valence electrons.